The number of aromatic amines is 2. The Bertz CT molecular complexity index is 1100. The third kappa shape index (κ3) is 3.04. The molecule has 0 aliphatic heterocycles. The lowest BCUT2D eigenvalue weighted by Crippen LogP contribution is -2.04. The van der Waals surface area contributed by atoms with Crippen molar-refractivity contribution >= 4 is 11.0 Å². The number of hydrogen-bond donors (Lipinski definition) is 2. The third-order valence-corrected chi connectivity index (χ3v) is 4.16. The molecule has 2 heterocycles. The van der Waals surface area contributed by atoms with Crippen LogP contribution in [0.3, 0.4) is 0 Å². The van der Waals surface area contributed by atoms with Gasteiger partial charge in [0.2, 0.25) is 5.56 Å². The van der Waals surface area contributed by atoms with Crippen LogP contribution < -0.4 is 15.0 Å². The molecule has 0 spiro atoms. The van der Waals surface area contributed by atoms with Crippen LogP contribution in [0.4, 0.5) is 0 Å². The van der Waals surface area contributed by atoms with Gasteiger partial charge in [-0.05, 0) is 28.8 Å². The van der Waals surface area contributed by atoms with Gasteiger partial charge in [-0.3, -0.25) is 9.89 Å². The maximum absolute atomic E-state index is 11.9. The molecule has 0 unspecified atom stereocenters. The summed E-state index contributed by atoms with van der Waals surface area (Å²) in [6, 6.07) is 17.1. The second kappa shape index (κ2) is 6.76. The van der Waals surface area contributed by atoms with Gasteiger partial charge in [-0.25, -0.2) is 0 Å². The fourth-order valence-corrected chi connectivity index (χ4v) is 2.88. The molecule has 0 radical (unpaired) electrons. The molecule has 0 saturated carbocycles. The highest BCUT2D eigenvalue weighted by atomic mass is 16.5. The Balaban J connectivity index is 1.68. The lowest BCUT2D eigenvalue weighted by Gasteiger charge is -2.13. The Hall–Kier alpha value is -3.54. The van der Waals surface area contributed by atoms with Crippen LogP contribution >= 0.6 is 0 Å². The van der Waals surface area contributed by atoms with Crippen molar-refractivity contribution in [3.63, 3.8) is 0 Å². The van der Waals surface area contributed by atoms with Crippen molar-refractivity contribution in [3.05, 3.63) is 76.7 Å². The lowest BCUT2D eigenvalue weighted by atomic mass is 10.0. The van der Waals surface area contributed by atoms with Crippen LogP contribution in [0.2, 0.25) is 0 Å². The number of rotatable bonds is 5. The molecule has 0 fully saturated rings. The van der Waals surface area contributed by atoms with Gasteiger partial charge in [0.15, 0.2) is 11.5 Å². The number of nitrogens with zero attached hydrogens (tertiary/aromatic N) is 1. The second-order valence-corrected chi connectivity index (χ2v) is 5.85. The van der Waals surface area contributed by atoms with Crippen LogP contribution in [-0.4, -0.2) is 22.3 Å². The molecule has 0 aliphatic carbocycles. The van der Waals surface area contributed by atoms with E-state index >= 15 is 0 Å². The van der Waals surface area contributed by atoms with Gasteiger partial charge in [0.05, 0.1) is 13.3 Å². The molecule has 6 nitrogen and oxygen atoms in total. The highest BCUT2D eigenvalue weighted by molar-refractivity contribution is 5.92. The summed E-state index contributed by atoms with van der Waals surface area (Å²) in [7, 11) is 1.60. The van der Waals surface area contributed by atoms with Gasteiger partial charge in [0.25, 0.3) is 0 Å². The normalized spacial score (nSPS) is 10.8. The Morgan fingerprint density at radius 3 is 2.69 bits per heavy atom. The van der Waals surface area contributed by atoms with E-state index in [4.69, 9.17) is 9.47 Å². The molecule has 2 aromatic heterocycles. The zero-order chi connectivity index (χ0) is 17.9. The summed E-state index contributed by atoms with van der Waals surface area (Å²) in [5, 5.41) is 7.63. The number of pyridine rings is 1. The quantitative estimate of drug-likeness (QED) is 0.579. The molecule has 2 aromatic carbocycles. The summed E-state index contributed by atoms with van der Waals surface area (Å²) >= 11 is 0. The van der Waals surface area contributed by atoms with E-state index in [2.05, 4.69) is 15.2 Å². The SMILES string of the molecule is COc1cc(-c2cc(=O)[nH]c3[nH]ncc23)ccc1OCc1ccccc1. The largest absolute Gasteiger partial charge is 0.493 e. The fraction of sp³-hybridized carbons (Fsp3) is 0.100. The standard InChI is InChI=1S/C20H17N3O3/c1-25-18-9-14(15-10-19(24)22-20-16(15)11-21-23-20)7-8-17(18)26-12-13-5-3-2-4-6-13/h2-11H,12H2,1H3,(H2,21,22,23,24). The summed E-state index contributed by atoms with van der Waals surface area (Å²) < 4.78 is 11.4. The van der Waals surface area contributed by atoms with Crippen LogP contribution in [0.5, 0.6) is 11.5 Å². The van der Waals surface area contributed by atoms with E-state index < -0.39 is 0 Å². The summed E-state index contributed by atoms with van der Waals surface area (Å²) in [5.41, 5.74) is 3.11. The molecule has 0 aliphatic rings. The first kappa shape index (κ1) is 16.0. The Labute approximate surface area is 149 Å². The Kier molecular flexibility index (Phi) is 4.15. The Morgan fingerprint density at radius 2 is 1.88 bits per heavy atom. The summed E-state index contributed by atoms with van der Waals surface area (Å²) in [6.07, 6.45) is 1.69. The molecular weight excluding hydrogens is 330 g/mol. The second-order valence-electron chi connectivity index (χ2n) is 5.85. The van der Waals surface area contributed by atoms with Crippen molar-refractivity contribution in [1.82, 2.24) is 15.2 Å². The maximum Gasteiger partial charge on any atom is 0.250 e. The first-order valence-electron chi connectivity index (χ1n) is 8.16. The van der Waals surface area contributed by atoms with Gasteiger partial charge >= 0.3 is 0 Å². The smallest absolute Gasteiger partial charge is 0.250 e. The average Bonchev–Trinajstić information content (AvgIpc) is 3.14. The van der Waals surface area contributed by atoms with Crippen molar-refractivity contribution in [1.29, 1.82) is 0 Å². The van der Waals surface area contributed by atoms with Gasteiger partial charge in [0.1, 0.15) is 12.3 Å². The summed E-state index contributed by atoms with van der Waals surface area (Å²) in [6.45, 7) is 0.452. The summed E-state index contributed by atoms with van der Waals surface area (Å²) in [5.74, 6) is 1.25. The maximum atomic E-state index is 11.9. The van der Waals surface area contributed by atoms with E-state index in [-0.39, 0.29) is 5.56 Å². The highest BCUT2D eigenvalue weighted by Gasteiger charge is 2.12. The van der Waals surface area contributed by atoms with Crippen molar-refractivity contribution in [3.8, 4) is 22.6 Å². The zero-order valence-corrected chi connectivity index (χ0v) is 14.2. The van der Waals surface area contributed by atoms with E-state index in [0.29, 0.717) is 23.8 Å². The number of nitrogens with one attached hydrogen (secondary N) is 2. The molecular formula is C20H17N3O3. The number of aromatic nitrogens is 3. The number of H-pyrrole nitrogens is 2. The zero-order valence-electron chi connectivity index (χ0n) is 14.2. The van der Waals surface area contributed by atoms with E-state index in [1.54, 1.807) is 19.4 Å². The number of benzene rings is 2. The molecule has 2 N–H and O–H groups in total. The lowest BCUT2D eigenvalue weighted by molar-refractivity contribution is 0.284. The molecule has 130 valence electrons. The van der Waals surface area contributed by atoms with Gasteiger partial charge in [-0.15, -0.1) is 0 Å². The molecule has 4 rings (SSSR count). The van der Waals surface area contributed by atoms with Crippen molar-refractivity contribution in [2.75, 3.05) is 7.11 Å². The van der Waals surface area contributed by atoms with Crippen molar-refractivity contribution in [2.24, 2.45) is 0 Å². The first-order chi connectivity index (χ1) is 12.7. The van der Waals surface area contributed by atoms with Crippen LogP contribution in [0.15, 0.2) is 65.6 Å². The van der Waals surface area contributed by atoms with Gasteiger partial charge in [-0.1, -0.05) is 36.4 Å². The number of ether oxygens (including phenoxy) is 2. The molecule has 0 saturated heterocycles. The fourth-order valence-electron chi connectivity index (χ4n) is 2.88. The minimum atomic E-state index is -0.194. The highest BCUT2D eigenvalue weighted by Crippen LogP contribution is 2.34. The predicted molar refractivity (Wildman–Crippen MR) is 99.5 cm³/mol. The third-order valence-electron chi connectivity index (χ3n) is 4.16. The minimum Gasteiger partial charge on any atom is -0.493 e. The van der Waals surface area contributed by atoms with Gasteiger partial charge in [-0.2, -0.15) is 5.10 Å². The first-order valence-corrected chi connectivity index (χ1v) is 8.16. The topological polar surface area (TPSA) is 80.0 Å². The van der Waals surface area contributed by atoms with E-state index in [1.807, 2.05) is 48.5 Å². The molecule has 0 atom stereocenters. The molecule has 6 heteroatoms. The predicted octanol–water partition coefficient (Wildman–Crippen LogP) is 3.51. The average molecular weight is 347 g/mol. The van der Waals surface area contributed by atoms with Crippen molar-refractivity contribution in [2.45, 2.75) is 6.61 Å². The number of fused-ring (bicyclic) bond motifs is 1. The van der Waals surface area contributed by atoms with Crippen LogP contribution in [0.25, 0.3) is 22.2 Å². The van der Waals surface area contributed by atoms with E-state index in [9.17, 15) is 4.79 Å². The van der Waals surface area contributed by atoms with Crippen LogP contribution in [0.1, 0.15) is 5.56 Å². The van der Waals surface area contributed by atoms with Gasteiger partial charge < -0.3 is 14.5 Å². The minimum absolute atomic E-state index is 0.194. The molecule has 0 bridgehead atoms. The molecule has 26 heavy (non-hydrogen) atoms. The molecule has 4 aromatic rings. The van der Waals surface area contributed by atoms with Crippen molar-refractivity contribution < 1.29 is 9.47 Å². The van der Waals surface area contributed by atoms with Crippen LogP contribution in [0, 0.1) is 0 Å². The van der Waals surface area contributed by atoms with Crippen LogP contribution in [-0.2, 0) is 6.61 Å². The van der Waals surface area contributed by atoms with E-state index in [0.717, 1.165) is 22.1 Å². The number of methoxy groups -OCH3 is 1. The van der Waals surface area contributed by atoms with E-state index in [1.165, 1.54) is 0 Å². The monoisotopic (exact) mass is 347 g/mol. The summed E-state index contributed by atoms with van der Waals surface area (Å²) in [4.78, 5) is 14.6. The molecule has 0 amide bonds. The van der Waals surface area contributed by atoms with Gasteiger partial charge in [0, 0.05) is 11.5 Å². The number of hydrogen-bond acceptors (Lipinski definition) is 4. The Morgan fingerprint density at radius 1 is 1.04 bits per heavy atom.